The van der Waals surface area contributed by atoms with Gasteiger partial charge in [-0.3, -0.25) is 4.68 Å². The van der Waals surface area contributed by atoms with Crippen LogP contribution in [-0.2, 0) is 7.05 Å². The maximum atomic E-state index is 5.81. The molecule has 0 bridgehead atoms. The van der Waals surface area contributed by atoms with E-state index in [1.807, 2.05) is 26.1 Å². The summed E-state index contributed by atoms with van der Waals surface area (Å²) in [7, 11) is 3.52. The van der Waals surface area contributed by atoms with Crippen LogP contribution in [0.2, 0.25) is 0 Å². The molecule has 0 unspecified atom stereocenters. The molecular weight excluding hydrogens is 178 g/mol. The molecule has 14 heavy (non-hydrogen) atoms. The molecule has 0 amide bonds. The van der Waals surface area contributed by atoms with Gasteiger partial charge in [0.25, 0.3) is 0 Å². The Bertz CT molecular complexity index is 488. The van der Waals surface area contributed by atoms with Crippen molar-refractivity contribution in [1.82, 2.24) is 9.78 Å². The molecule has 74 valence electrons. The van der Waals surface area contributed by atoms with Crippen molar-refractivity contribution in [2.75, 3.05) is 12.8 Å². The summed E-state index contributed by atoms with van der Waals surface area (Å²) in [4.78, 5) is 0. The van der Waals surface area contributed by atoms with Crippen molar-refractivity contribution in [2.24, 2.45) is 7.05 Å². The van der Waals surface area contributed by atoms with E-state index in [4.69, 9.17) is 10.5 Å². The molecule has 0 aliphatic rings. The summed E-state index contributed by atoms with van der Waals surface area (Å²) in [6, 6.07) is 3.91. The number of fused-ring (bicyclic) bond motifs is 1. The highest BCUT2D eigenvalue weighted by atomic mass is 16.5. The molecule has 1 aromatic heterocycles. The maximum Gasteiger partial charge on any atom is 0.157 e. The van der Waals surface area contributed by atoms with Gasteiger partial charge in [0.2, 0.25) is 0 Å². The molecule has 0 aliphatic carbocycles. The Hall–Kier alpha value is -1.71. The van der Waals surface area contributed by atoms with Crippen molar-refractivity contribution in [3.05, 3.63) is 17.7 Å². The van der Waals surface area contributed by atoms with E-state index >= 15 is 0 Å². The number of hydrogen-bond donors (Lipinski definition) is 1. The summed E-state index contributed by atoms with van der Waals surface area (Å²) in [5, 5.41) is 5.07. The summed E-state index contributed by atoms with van der Waals surface area (Å²) >= 11 is 0. The van der Waals surface area contributed by atoms with Gasteiger partial charge in [-0.15, -0.1) is 0 Å². The molecule has 4 heteroatoms. The number of nitrogens with zero attached hydrogens (tertiary/aromatic N) is 2. The van der Waals surface area contributed by atoms with E-state index in [0.29, 0.717) is 5.82 Å². The third kappa shape index (κ3) is 1.04. The number of ether oxygens (including phenoxy) is 1. The smallest absolute Gasteiger partial charge is 0.157 e. The van der Waals surface area contributed by atoms with Gasteiger partial charge in [-0.25, -0.2) is 0 Å². The molecule has 1 heterocycles. The number of nitrogens with two attached hydrogens (primary N) is 1. The number of aromatic nitrogens is 2. The Morgan fingerprint density at radius 3 is 2.79 bits per heavy atom. The Kier molecular flexibility index (Phi) is 1.84. The quantitative estimate of drug-likeness (QED) is 0.742. The lowest BCUT2D eigenvalue weighted by Gasteiger charge is -2.04. The average Bonchev–Trinajstić information content (AvgIpc) is 2.44. The first-order valence-corrected chi connectivity index (χ1v) is 4.41. The van der Waals surface area contributed by atoms with Gasteiger partial charge < -0.3 is 10.5 Å². The summed E-state index contributed by atoms with van der Waals surface area (Å²) in [5.41, 5.74) is 7.99. The zero-order chi connectivity index (χ0) is 10.3. The van der Waals surface area contributed by atoms with Crippen LogP contribution in [0.5, 0.6) is 5.75 Å². The molecular formula is C10H13N3O. The minimum atomic E-state index is 0.517. The summed E-state index contributed by atoms with van der Waals surface area (Å²) in [6.07, 6.45) is 0. The molecule has 2 N–H and O–H groups in total. The number of anilines is 1. The lowest BCUT2D eigenvalue weighted by atomic mass is 10.1. The molecule has 1 aromatic carbocycles. The third-order valence-corrected chi connectivity index (χ3v) is 2.40. The number of methoxy groups -OCH3 is 1. The van der Waals surface area contributed by atoms with E-state index in [1.165, 1.54) is 0 Å². The molecule has 0 spiro atoms. The van der Waals surface area contributed by atoms with E-state index in [0.717, 1.165) is 22.2 Å². The second-order valence-corrected chi connectivity index (χ2v) is 3.32. The molecule has 0 saturated carbocycles. The fraction of sp³-hybridized carbons (Fsp3) is 0.300. The Morgan fingerprint density at radius 2 is 2.14 bits per heavy atom. The predicted molar refractivity (Wildman–Crippen MR) is 56.4 cm³/mol. The lowest BCUT2D eigenvalue weighted by Crippen LogP contribution is -1.92. The minimum Gasteiger partial charge on any atom is -0.496 e. The first-order chi connectivity index (χ1) is 6.65. The largest absolute Gasteiger partial charge is 0.496 e. The van der Waals surface area contributed by atoms with E-state index in [9.17, 15) is 0 Å². The van der Waals surface area contributed by atoms with Crippen LogP contribution < -0.4 is 10.5 Å². The zero-order valence-electron chi connectivity index (χ0n) is 8.53. The average molecular weight is 191 g/mol. The first-order valence-electron chi connectivity index (χ1n) is 4.41. The van der Waals surface area contributed by atoms with Crippen molar-refractivity contribution in [2.45, 2.75) is 6.92 Å². The number of benzene rings is 1. The molecule has 2 rings (SSSR count). The van der Waals surface area contributed by atoms with Gasteiger partial charge >= 0.3 is 0 Å². The number of nitrogen functional groups attached to an aromatic ring is 1. The van der Waals surface area contributed by atoms with Crippen LogP contribution in [0.15, 0.2) is 12.1 Å². The van der Waals surface area contributed by atoms with Gasteiger partial charge in [-0.2, -0.15) is 5.10 Å². The van der Waals surface area contributed by atoms with Gasteiger partial charge in [0.05, 0.1) is 18.0 Å². The molecule has 0 aliphatic heterocycles. The zero-order valence-corrected chi connectivity index (χ0v) is 8.53. The minimum absolute atomic E-state index is 0.517. The van der Waals surface area contributed by atoms with Gasteiger partial charge in [0, 0.05) is 7.05 Å². The second kappa shape index (κ2) is 2.90. The topological polar surface area (TPSA) is 53.1 Å². The Labute approximate surface area is 82.3 Å². The fourth-order valence-corrected chi connectivity index (χ4v) is 1.77. The summed E-state index contributed by atoms with van der Waals surface area (Å²) in [5.74, 6) is 1.29. The van der Waals surface area contributed by atoms with Crippen LogP contribution in [0, 0.1) is 6.92 Å². The van der Waals surface area contributed by atoms with Crippen LogP contribution in [0.4, 0.5) is 5.82 Å². The highest BCUT2D eigenvalue weighted by molar-refractivity contribution is 5.96. The van der Waals surface area contributed by atoms with E-state index in [2.05, 4.69) is 5.10 Å². The second-order valence-electron chi connectivity index (χ2n) is 3.32. The van der Waals surface area contributed by atoms with Crippen LogP contribution in [0.3, 0.4) is 0 Å². The summed E-state index contributed by atoms with van der Waals surface area (Å²) < 4.78 is 7.02. The van der Waals surface area contributed by atoms with Crippen molar-refractivity contribution >= 4 is 16.7 Å². The molecule has 2 aromatic rings. The van der Waals surface area contributed by atoms with Gasteiger partial charge in [-0.1, -0.05) is 6.07 Å². The van der Waals surface area contributed by atoms with E-state index in [1.54, 1.807) is 11.8 Å². The lowest BCUT2D eigenvalue weighted by molar-refractivity contribution is 0.420. The fourth-order valence-electron chi connectivity index (χ4n) is 1.77. The van der Waals surface area contributed by atoms with E-state index < -0.39 is 0 Å². The normalized spacial score (nSPS) is 10.8. The Balaban J connectivity index is 2.94. The standard InChI is InChI=1S/C10H13N3O/c1-6-4-5-7(14-3)8-9(6)13(2)12-10(8)11/h4-5H,1-3H3,(H2,11,12). The van der Waals surface area contributed by atoms with Crippen molar-refractivity contribution < 1.29 is 4.74 Å². The van der Waals surface area contributed by atoms with Crippen LogP contribution in [-0.4, -0.2) is 16.9 Å². The molecule has 0 atom stereocenters. The van der Waals surface area contributed by atoms with Gasteiger partial charge in [0.15, 0.2) is 5.82 Å². The molecule has 0 radical (unpaired) electrons. The highest BCUT2D eigenvalue weighted by Crippen LogP contribution is 2.31. The van der Waals surface area contributed by atoms with Crippen molar-refractivity contribution in [3.8, 4) is 5.75 Å². The van der Waals surface area contributed by atoms with Crippen molar-refractivity contribution in [1.29, 1.82) is 0 Å². The maximum absolute atomic E-state index is 5.81. The van der Waals surface area contributed by atoms with Crippen LogP contribution in [0.25, 0.3) is 10.9 Å². The van der Waals surface area contributed by atoms with Gasteiger partial charge in [-0.05, 0) is 18.6 Å². The third-order valence-electron chi connectivity index (χ3n) is 2.40. The summed E-state index contributed by atoms with van der Waals surface area (Å²) in [6.45, 7) is 2.03. The molecule has 0 saturated heterocycles. The van der Waals surface area contributed by atoms with Crippen LogP contribution in [0.1, 0.15) is 5.56 Å². The van der Waals surface area contributed by atoms with Crippen molar-refractivity contribution in [3.63, 3.8) is 0 Å². The molecule has 4 nitrogen and oxygen atoms in total. The number of aryl methyl sites for hydroxylation is 2. The monoisotopic (exact) mass is 191 g/mol. The predicted octanol–water partition coefficient (Wildman–Crippen LogP) is 1.47. The number of rotatable bonds is 1. The molecule has 0 fully saturated rings. The first kappa shape index (κ1) is 8.87. The van der Waals surface area contributed by atoms with Gasteiger partial charge in [0.1, 0.15) is 5.75 Å². The van der Waals surface area contributed by atoms with Crippen LogP contribution >= 0.6 is 0 Å². The highest BCUT2D eigenvalue weighted by Gasteiger charge is 2.12. The van der Waals surface area contributed by atoms with E-state index in [-0.39, 0.29) is 0 Å². The Morgan fingerprint density at radius 1 is 1.43 bits per heavy atom. The number of hydrogen-bond acceptors (Lipinski definition) is 3. The SMILES string of the molecule is COc1ccc(C)c2c1c(N)nn2C.